The van der Waals surface area contributed by atoms with Crippen LogP contribution in [0.2, 0.25) is 0 Å². The summed E-state index contributed by atoms with van der Waals surface area (Å²) in [5.41, 5.74) is 4.14. The maximum Gasteiger partial charge on any atom is 0.216 e. The Kier molecular flexibility index (Phi) is 5.27. The van der Waals surface area contributed by atoms with Gasteiger partial charge in [0.05, 0.1) is 25.0 Å². The molecule has 0 aliphatic rings. The fraction of sp³-hybridized carbons (Fsp3) is 0.438. The van der Waals surface area contributed by atoms with Crippen molar-refractivity contribution < 1.29 is 9.84 Å². The smallest absolute Gasteiger partial charge is 0.216 e. The first-order valence-electron chi connectivity index (χ1n) is 7.29. The fourth-order valence-corrected chi connectivity index (χ4v) is 2.44. The van der Waals surface area contributed by atoms with Crippen LogP contribution in [0.25, 0.3) is 0 Å². The van der Waals surface area contributed by atoms with Gasteiger partial charge < -0.3 is 20.1 Å². The number of ether oxygens (including phenoxy) is 1. The minimum atomic E-state index is 0.149. The van der Waals surface area contributed by atoms with Crippen molar-refractivity contribution >= 4 is 11.4 Å². The van der Waals surface area contributed by atoms with Crippen LogP contribution in [-0.4, -0.2) is 42.2 Å². The predicted molar refractivity (Wildman–Crippen MR) is 88.6 cm³/mol. The number of methoxy groups -OCH3 is 1. The normalized spacial score (nSPS) is 10.6. The molecule has 120 valence electrons. The van der Waals surface area contributed by atoms with Crippen LogP contribution in [0.5, 0.6) is 5.88 Å². The number of aromatic nitrogens is 2. The lowest BCUT2D eigenvalue weighted by atomic mass is 10.2. The van der Waals surface area contributed by atoms with Gasteiger partial charge in [0, 0.05) is 38.6 Å². The highest BCUT2D eigenvalue weighted by atomic mass is 16.5. The van der Waals surface area contributed by atoms with Crippen molar-refractivity contribution in [2.75, 3.05) is 37.5 Å². The molecule has 22 heavy (non-hydrogen) atoms. The average molecular weight is 304 g/mol. The second kappa shape index (κ2) is 7.17. The zero-order chi connectivity index (χ0) is 16.1. The topological polar surface area (TPSA) is 62.6 Å². The van der Waals surface area contributed by atoms with E-state index in [2.05, 4.69) is 10.4 Å². The molecule has 1 aromatic heterocycles. The van der Waals surface area contributed by atoms with Crippen LogP contribution in [0, 0.1) is 6.92 Å². The van der Waals surface area contributed by atoms with Crippen LogP contribution >= 0.6 is 0 Å². The second-order valence-electron chi connectivity index (χ2n) is 5.24. The molecule has 6 heteroatoms. The molecule has 0 aliphatic carbocycles. The summed E-state index contributed by atoms with van der Waals surface area (Å²) in [6.07, 6.45) is 0. The highest BCUT2D eigenvalue weighted by Gasteiger charge is 2.13. The van der Waals surface area contributed by atoms with Crippen molar-refractivity contribution in [3.8, 4) is 5.88 Å². The van der Waals surface area contributed by atoms with E-state index in [1.807, 2.05) is 50.2 Å². The van der Waals surface area contributed by atoms with Crippen molar-refractivity contribution in [2.45, 2.75) is 13.5 Å². The fourth-order valence-electron chi connectivity index (χ4n) is 2.44. The molecule has 0 atom stereocenters. The maximum atomic E-state index is 8.97. The number of benzene rings is 1. The molecule has 0 radical (unpaired) electrons. The molecule has 0 saturated heterocycles. The van der Waals surface area contributed by atoms with Crippen LogP contribution in [0.3, 0.4) is 0 Å². The number of likely N-dealkylation sites (N-methyl/N-ethyl adjacent to an activating group) is 1. The lowest BCUT2D eigenvalue weighted by molar-refractivity contribution is 0.304. The van der Waals surface area contributed by atoms with Crippen molar-refractivity contribution in [3.63, 3.8) is 0 Å². The van der Waals surface area contributed by atoms with Crippen molar-refractivity contribution in [3.05, 3.63) is 35.5 Å². The Morgan fingerprint density at radius 2 is 2.00 bits per heavy atom. The maximum absolute atomic E-state index is 8.97. The SMILES string of the molecule is COc1c(CNc2ccc(N(C)CCO)cc2)c(C)nn1C. The van der Waals surface area contributed by atoms with E-state index in [4.69, 9.17) is 9.84 Å². The van der Waals surface area contributed by atoms with E-state index < -0.39 is 0 Å². The molecule has 0 saturated carbocycles. The molecule has 2 aromatic rings. The summed E-state index contributed by atoms with van der Waals surface area (Å²) in [6, 6.07) is 8.12. The Bertz CT molecular complexity index is 607. The third-order valence-corrected chi connectivity index (χ3v) is 3.69. The monoisotopic (exact) mass is 304 g/mol. The number of aryl methyl sites for hydroxylation is 2. The number of nitrogens with zero attached hydrogens (tertiary/aromatic N) is 3. The van der Waals surface area contributed by atoms with E-state index in [0.717, 1.165) is 28.5 Å². The molecule has 1 aromatic carbocycles. The van der Waals surface area contributed by atoms with Crippen molar-refractivity contribution in [2.24, 2.45) is 7.05 Å². The lowest BCUT2D eigenvalue weighted by Gasteiger charge is -2.18. The van der Waals surface area contributed by atoms with Crippen LogP contribution in [-0.2, 0) is 13.6 Å². The first-order chi connectivity index (χ1) is 10.6. The summed E-state index contributed by atoms with van der Waals surface area (Å²) < 4.78 is 7.14. The third kappa shape index (κ3) is 3.51. The van der Waals surface area contributed by atoms with Gasteiger partial charge in [0.2, 0.25) is 5.88 Å². The predicted octanol–water partition coefficient (Wildman–Crippen LogP) is 1.78. The second-order valence-corrected chi connectivity index (χ2v) is 5.24. The minimum absolute atomic E-state index is 0.149. The van der Waals surface area contributed by atoms with Gasteiger partial charge in [-0.3, -0.25) is 0 Å². The number of rotatable bonds is 7. The molecule has 6 nitrogen and oxygen atoms in total. The summed E-state index contributed by atoms with van der Waals surface area (Å²) in [5, 5.41) is 16.7. The summed E-state index contributed by atoms with van der Waals surface area (Å²) in [7, 11) is 5.50. The van der Waals surface area contributed by atoms with E-state index in [-0.39, 0.29) is 6.61 Å². The zero-order valence-electron chi connectivity index (χ0n) is 13.6. The van der Waals surface area contributed by atoms with Crippen LogP contribution in [0.1, 0.15) is 11.3 Å². The molecule has 0 bridgehead atoms. The highest BCUT2D eigenvalue weighted by molar-refractivity contribution is 5.55. The molecule has 0 spiro atoms. The largest absolute Gasteiger partial charge is 0.481 e. The molecular formula is C16H24N4O2. The number of hydrogen-bond donors (Lipinski definition) is 2. The Hall–Kier alpha value is -2.21. The molecule has 0 fully saturated rings. The third-order valence-electron chi connectivity index (χ3n) is 3.69. The van der Waals surface area contributed by atoms with Crippen LogP contribution < -0.4 is 15.0 Å². The number of nitrogens with one attached hydrogen (secondary N) is 1. The Morgan fingerprint density at radius 1 is 1.32 bits per heavy atom. The van der Waals surface area contributed by atoms with Crippen LogP contribution in [0.15, 0.2) is 24.3 Å². The first kappa shape index (κ1) is 16.2. The number of anilines is 2. The van der Waals surface area contributed by atoms with E-state index in [1.54, 1.807) is 11.8 Å². The highest BCUT2D eigenvalue weighted by Crippen LogP contribution is 2.23. The molecule has 1 heterocycles. The number of aliphatic hydroxyl groups is 1. The van der Waals surface area contributed by atoms with E-state index in [9.17, 15) is 0 Å². The van der Waals surface area contributed by atoms with Gasteiger partial charge >= 0.3 is 0 Å². The molecular weight excluding hydrogens is 280 g/mol. The lowest BCUT2D eigenvalue weighted by Crippen LogP contribution is -2.20. The van der Waals surface area contributed by atoms with E-state index in [1.165, 1.54) is 0 Å². The molecule has 0 aliphatic heterocycles. The van der Waals surface area contributed by atoms with Crippen molar-refractivity contribution in [1.82, 2.24) is 9.78 Å². The summed E-state index contributed by atoms with van der Waals surface area (Å²) in [6.45, 7) is 3.41. The molecule has 0 unspecified atom stereocenters. The summed E-state index contributed by atoms with van der Waals surface area (Å²) in [5.74, 6) is 0.782. The number of hydrogen-bond acceptors (Lipinski definition) is 5. The van der Waals surface area contributed by atoms with Gasteiger partial charge in [-0.1, -0.05) is 0 Å². The summed E-state index contributed by atoms with van der Waals surface area (Å²) in [4.78, 5) is 2.01. The summed E-state index contributed by atoms with van der Waals surface area (Å²) >= 11 is 0. The van der Waals surface area contributed by atoms with Crippen molar-refractivity contribution in [1.29, 1.82) is 0 Å². The zero-order valence-corrected chi connectivity index (χ0v) is 13.6. The Morgan fingerprint density at radius 3 is 2.59 bits per heavy atom. The van der Waals surface area contributed by atoms with Gasteiger partial charge in [0.1, 0.15) is 0 Å². The quantitative estimate of drug-likeness (QED) is 0.816. The van der Waals surface area contributed by atoms with E-state index >= 15 is 0 Å². The Labute approximate surface area is 131 Å². The Balaban J connectivity index is 2.03. The van der Waals surface area contributed by atoms with Gasteiger partial charge in [-0.2, -0.15) is 5.10 Å². The minimum Gasteiger partial charge on any atom is -0.481 e. The molecule has 0 amide bonds. The van der Waals surface area contributed by atoms with Gasteiger partial charge in [-0.15, -0.1) is 0 Å². The molecule has 2 rings (SSSR count). The molecule has 2 N–H and O–H groups in total. The standard InChI is InChI=1S/C16H24N4O2/c1-12-15(16(22-4)20(3)18-12)11-17-13-5-7-14(8-6-13)19(2)9-10-21/h5-8,17,21H,9-11H2,1-4H3. The van der Waals surface area contributed by atoms with Crippen LogP contribution in [0.4, 0.5) is 11.4 Å². The van der Waals surface area contributed by atoms with E-state index in [0.29, 0.717) is 13.1 Å². The van der Waals surface area contributed by atoms with Gasteiger partial charge in [-0.25, -0.2) is 4.68 Å². The van der Waals surface area contributed by atoms with Gasteiger partial charge in [-0.05, 0) is 31.2 Å². The van der Waals surface area contributed by atoms with Gasteiger partial charge in [0.25, 0.3) is 0 Å². The van der Waals surface area contributed by atoms with Gasteiger partial charge in [0.15, 0.2) is 0 Å². The first-order valence-corrected chi connectivity index (χ1v) is 7.29. The number of aliphatic hydroxyl groups excluding tert-OH is 1. The average Bonchev–Trinajstić information content (AvgIpc) is 2.79.